The molecule has 0 saturated heterocycles. The molecule has 118 valence electrons. The van der Waals surface area contributed by atoms with Crippen LogP contribution in [0.1, 0.15) is 30.6 Å². The standard InChI is InChI=1S/C13H14F5NO2/c1-5(2)3-6(4-20)19-13(21)7-8(14)10(16)12(18)11(17)9(7)15/h5-6,20H,3-4H2,1-2H3,(H,19,21). The highest BCUT2D eigenvalue weighted by molar-refractivity contribution is 5.95. The van der Waals surface area contributed by atoms with E-state index in [-0.39, 0.29) is 12.3 Å². The van der Waals surface area contributed by atoms with Gasteiger partial charge in [0.15, 0.2) is 23.3 Å². The molecule has 0 saturated carbocycles. The Hall–Kier alpha value is -1.70. The molecule has 0 fully saturated rings. The van der Waals surface area contributed by atoms with E-state index < -0.39 is 53.2 Å². The number of aliphatic hydroxyl groups is 1. The van der Waals surface area contributed by atoms with Crippen LogP contribution in [0.3, 0.4) is 0 Å². The van der Waals surface area contributed by atoms with Crippen molar-refractivity contribution in [3.8, 4) is 0 Å². The molecule has 0 radical (unpaired) electrons. The molecule has 1 atom stereocenters. The lowest BCUT2D eigenvalue weighted by Crippen LogP contribution is -2.39. The zero-order valence-corrected chi connectivity index (χ0v) is 11.3. The highest BCUT2D eigenvalue weighted by atomic mass is 19.2. The van der Waals surface area contributed by atoms with Gasteiger partial charge in [-0.25, -0.2) is 22.0 Å². The van der Waals surface area contributed by atoms with Gasteiger partial charge in [0.05, 0.1) is 12.6 Å². The fourth-order valence-corrected chi connectivity index (χ4v) is 1.81. The molecule has 1 rings (SSSR count). The fraction of sp³-hybridized carbons (Fsp3) is 0.462. The van der Waals surface area contributed by atoms with Crippen LogP contribution in [0.4, 0.5) is 22.0 Å². The van der Waals surface area contributed by atoms with Gasteiger partial charge in [-0.05, 0) is 12.3 Å². The van der Waals surface area contributed by atoms with Crippen molar-refractivity contribution in [1.82, 2.24) is 5.32 Å². The smallest absolute Gasteiger partial charge is 0.257 e. The number of amides is 1. The number of hydrogen-bond acceptors (Lipinski definition) is 2. The highest BCUT2D eigenvalue weighted by Gasteiger charge is 2.30. The van der Waals surface area contributed by atoms with Crippen molar-refractivity contribution >= 4 is 5.91 Å². The molecule has 21 heavy (non-hydrogen) atoms. The Balaban J connectivity index is 3.14. The van der Waals surface area contributed by atoms with Crippen molar-refractivity contribution in [2.45, 2.75) is 26.3 Å². The number of hydrogen-bond donors (Lipinski definition) is 2. The molecule has 1 amide bonds. The van der Waals surface area contributed by atoms with E-state index in [4.69, 9.17) is 5.11 Å². The number of rotatable bonds is 5. The van der Waals surface area contributed by atoms with Crippen molar-refractivity contribution < 1.29 is 31.9 Å². The zero-order chi connectivity index (χ0) is 16.3. The summed E-state index contributed by atoms with van der Waals surface area (Å²) in [4.78, 5) is 11.7. The summed E-state index contributed by atoms with van der Waals surface area (Å²) in [6.07, 6.45) is 0.275. The van der Waals surface area contributed by atoms with Crippen LogP contribution in [-0.4, -0.2) is 23.7 Å². The second kappa shape index (κ2) is 6.84. The van der Waals surface area contributed by atoms with E-state index in [0.29, 0.717) is 0 Å². The third kappa shape index (κ3) is 3.69. The molecule has 0 aliphatic rings. The number of carbonyl (C=O) groups is 1. The third-order valence-electron chi connectivity index (χ3n) is 2.75. The van der Waals surface area contributed by atoms with Gasteiger partial charge >= 0.3 is 0 Å². The van der Waals surface area contributed by atoms with Crippen LogP contribution >= 0.6 is 0 Å². The van der Waals surface area contributed by atoms with E-state index in [1.807, 2.05) is 5.32 Å². The van der Waals surface area contributed by atoms with Gasteiger partial charge in [-0.3, -0.25) is 4.79 Å². The first-order chi connectivity index (χ1) is 9.70. The minimum absolute atomic E-state index is 0.0406. The van der Waals surface area contributed by atoms with Crippen LogP contribution in [0.15, 0.2) is 0 Å². The van der Waals surface area contributed by atoms with E-state index in [1.165, 1.54) is 0 Å². The van der Waals surface area contributed by atoms with E-state index >= 15 is 0 Å². The average molecular weight is 311 g/mol. The minimum atomic E-state index is -2.33. The molecule has 1 aromatic carbocycles. The van der Waals surface area contributed by atoms with Gasteiger partial charge in [0.1, 0.15) is 5.56 Å². The van der Waals surface area contributed by atoms with Crippen molar-refractivity contribution in [1.29, 1.82) is 0 Å². The Bertz CT molecular complexity index is 519. The summed E-state index contributed by atoms with van der Waals surface area (Å²) in [5.41, 5.74) is -1.56. The minimum Gasteiger partial charge on any atom is -0.394 e. The van der Waals surface area contributed by atoms with Crippen LogP contribution in [0.2, 0.25) is 0 Å². The number of carbonyl (C=O) groups excluding carboxylic acids is 1. The van der Waals surface area contributed by atoms with Gasteiger partial charge in [-0.15, -0.1) is 0 Å². The summed E-state index contributed by atoms with van der Waals surface area (Å²) in [6.45, 7) is 3.01. The predicted octanol–water partition coefficient (Wildman–Crippen LogP) is 2.52. The lowest BCUT2D eigenvalue weighted by atomic mass is 10.0. The third-order valence-corrected chi connectivity index (χ3v) is 2.75. The molecule has 0 bridgehead atoms. The van der Waals surface area contributed by atoms with Crippen molar-refractivity contribution in [2.75, 3.05) is 6.61 Å². The molecular weight excluding hydrogens is 297 g/mol. The zero-order valence-electron chi connectivity index (χ0n) is 11.3. The summed E-state index contributed by atoms with van der Waals surface area (Å²) < 4.78 is 65.7. The lowest BCUT2D eigenvalue weighted by Gasteiger charge is -2.18. The average Bonchev–Trinajstić information content (AvgIpc) is 2.42. The Kier molecular flexibility index (Phi) is 5.65. The van der Waals surface area contributed by atoms with Gasteiger partial charge in [-0.1, -0.05) is 13.8 Å². The highest BCUT2D eigenvalue weighted by Crippen LogP contribution is 2.23. The van der Waals surface area contributed by atoms with E-state index in [9.17, 15) is 26.7 Å². The molecule has 8 heteroatoms. The van der Waals surface area contributed by atoms with Crippen LogP contribution in [0.25, 0.3) is 0 Å². The first-order valence-electron chi connectivity index (χ1n) is 6.13. The maximum absolute atomic E-state index is 13.4. The molecule has 0 spiro atoms. The molecule has 2 N–H and O–H groups in total. The molecular formula is C13H14F5NO2. The normalized spacial score (nSPS) is 12.6. The Morgan fingerprint density at radius 1 is 1.00 bits per heavy atom. The van der Waals surface area contributed by atoms with Gasteiger partial charge in [-0.2, -0.15) is 0 Å². The summed E-state index contributed by atoms with van der Waals surface area (Å²) >= 11 is 0. The first-order valence-corrected chi connectivity index (χ1v) is 6.13. The maximum Gasteiger partial charge on any atom is 0.257 e. The molecule has 0 aromatic heterocycles. The Morgan fingerprint density at radius 3 is 1.81 bits per heavy atom. The van der Waals surface area contributed by atoms with E-state index in [1.54, 1.807) is 13.8 Å². The van der Waals surface area contributed by atoms with E-state index in [0.717, 1.165) is 0 Å². The summed E-state index contributed by atoms with van der Waals surface area (Å²) in [7, 11) is 0. The molecule has 0 aliphatic heterocycles. The Labute approximate surface area is 117 Å². The van der Waals surface area contributed by atoms with Crippen molar-refractivity contribution in [3.63, 3.8) is 0 Å². The lowest BCUT2D eigenvalue weighted by molar-refractivity contribution is 0.0896. The summed E-state index contributed by atoms with van der Waals surface area (Å²) in [6, 6.07) is -0.854. The summed E-state index contributed by atoms with van der Waals surface area (Å²) in [5, 5.41) is 11.1. The van der Waals surface area contributed by atoms with Gasteiger partial charge in [0.2, 0.25) is 5.82 Å². The largest absolute Gasteiger partial charge is 0.394 e. The monoisotopic (exact) mass is 311 g/mol. The van der Waals surface area contributed by atoms with E-state index in [2.05, 4.69) is 0 Å². The second-order valence-electron chi connectivity index (χ2n) is 4.93. The quantitative estimate of drug-likeness (QED) is 0.499. The Morgan fingerprint density at radius 2 is 1.43 bits per heavy atom. The van der Waals surface area contributed by atoms with Crippen molar-refractivity contribution in [3.05, 3.63) is 34.6 Å². The number of nitrogens with one attached hydrogen (secondary N) is 1. The molecule has 0 heterocycles. The van der Waals surface area contributed by atoms with Gasteiger partial charge < -0.3 is 10.4 Å². The van der Waals surface area contributed by atoms with Gasteiger partial charge in [0, 0.05) is 0 Å². The SMILES string of the molecule is CC(C)CC(CO)NC(=O)c1c(F)c(F)c(F)c(F)c1F. The van der Waals surface area contributed by atoms with Crippen LogP contribution < -0.4 is 5.32 Å². The number of benzene rings is 1. The number of halogens is 5. The van der Waals surface area contributed by atoms with Crippen LogP contribution in [0.5, 0.6) is 0 Å². The topological polar surface area (TPSA) is 49.3 Å². The molecule has 0 aliphatic carbocycles. The fourth-order valence-electron chi connectivity index (χ4n) is 1.81. The van der Waals surface area contributed by atoms with Crippen molar-refractivity contribution in [2.24, 2.45) is 5.92 Å². The molecule has 3 nitrogen and oxygen atoms in total. The predicted molar refractivity (Wildman–Crippen MR) is 64.0 cm³/mol. The second-order valence-corrected chi connectivity index (χ2v) is 4.93. The first kappa shape index (κ1) is 17.4. The summed E-state index contributed by atoms with van der Waals surface area (Å²) in [5.74, 6) is -12.6. The maximum atomic E-state index is 13.4. The molecule has 1 aromatic rings. The van der Waals surface area contributed by atoms with Crippen LogP contribution in [-0.2, 0) is 0 Å². The van der Waals surface area contributed by atoms with Gasteiger partial charge in [0.25, 0.3) is 5.91 Å². The van der Waals surface area contributed by atoms with Crippen LogP contribution in [0, 0.1) is 35.0 Å². The number of aliphatic hydroxyl groups excluding tert-OH is 1. The molecule has 1 unspecified atom stereocenters.